The largest absolute Gasteiger partial charge is 0.507 e. The van der Waals surface area contributed by atoms with Crippen LogP contribution in [-0.4, -0.2) is 18.3 Å². The van der Waals surface area contributed by atoms with Gasteiger partial charge in [0.25, 0.3) is 0 Å². The number of hydrogen-bond acceptors (Lipinski definition) is 4. The molecular weight excluding hydrogens is 180 g/mol. The van der Waals surface area contributed by atoms with E-state index in [9.17, 15) is 5.11 Å². The Hall–Kier alpha value is -1.26. The lowest BCUT2D eigenvalue weighted by Gasteiger charge is -2.12. The molecule has 0 aromatic heterocycles. The lowest BCUT2D eigenvalue weighted by atomic mass is 10.1. The van der Waals surface area contributed by atoms with Crippen LogP contribution in [0.2, 0.25) is 0 Å². The highest BCUT2D eigenvalue weighted by Gasteiger charge is 2.09. The Labute approximate surface area is 83.5 Å². The van der Waals surface area contributed by atoms with Crippen molar-refractivity contribution >= 4 is 0 Å². The van der Waals surface area contributed by atoms with Gasteiger partial charge in [-0.1, -0.05) is 6.07 Å². The summed E-state index contributed by atoms with van der Waals surface area (Å²) in [6, 6.07) is 4.73. The van der Waals surface area contributed by atoms with Crippen LogP contribution in [0.15, 0.2) is 18.2 Å². The Morgan fingerprint density at radius 3 is 2.71 bits per heavy atom. The summed E-state index contributed by atoms with van der Waals surface area (Å²) in [4.78, 5) is 0. The summed E-state index contributed by atoms with van der Waals surface area (Å²) < 4.78 is 5.22. The first kappa shape index (κ1) is 10.8. The van der Waals surface area contributed by atoms with Crippen LogP contribution < -0.4 is 16.2 Å². The van der Waals surface area contributed by atoms with E-state index < -0.39 is 0 Å². The van der Waals surface area contributed by atoms with E-state index in [-0.39, 0.29) is 11.8 Å². The van der Waals surface area contributed by atoms with Crippen LogP contribution in [0.5, 0.6) is 11.5 Å². The molecule has 5 N–H and O–H groups in total. The first-order valence-electron chi connectivity index (χ1n) is 4.60. The Morgan fingerprint density at radius 2 is 2.21 bits per heavy atom. The van der Waals surface area contributed by atoms with Crippen molar-refractivity contribution in [3.05, 3.63) is 23.8 Å². The molecule has 1 rings (SSSR count). The lowest BCUT2D eigenvalue weighted by molar-refractivity contribution is 0.337. The Kier molecular flexibility index (Phi) is 3.73. The van der Waals surface area contributed by atoms with Gasteiger partial charge in [-0.25, -0.2) is 0 Å². The zero-order valence-corrected chi connectivity index (χ0v) is 8.23. The third-order valence-corrected chi connectivity index (χ3v) is 1.97. The van der Waals surface area contributed by atoms with Gasteiger partial charge < -0.3 is 21.3 Å². The Bertz CT molecular complexity index is 302. The van der Waals surface area contributed by atoms with Crippen molar-refractivity contribution in [3.63, 3.8) is 0 Å². The summed E-state index contributed by atoms with van der Waals surface area (Å²) >= 11 is 0. The number of rotatable bonds is 4. The molecule has 0 amide bonds. The van der Waals surface area contributed by atoms with E-state index in [4.69, 9.17) is 16.2 Å². The summed E-state index contributed by atoms with van der Waals surface area (Å²) in [7, 11) is 0. The second-order valence-corrected chi connectivity index (χ2v) is 3.00. The lowest BCUT2D eigenvalue weighted by Crippen LogP contribution is -2.20. The number of hydrogen-bond donors (Lipinski definition) is 3. The molecule has 4 nitrogen and oxygen atoms in total. The smallest absolute Gasteiger partial charge is 0.124 e. The molecule has 14 heavy (non-hydrogen) atoms. The molecule has 0 saturated carbocycles. The summed E-state index contributed by atoms with van der Waals surface area (Å²) in [6.07, 6.45) is 0. The van der Waals surface area contributed by atoms with Crippen molar-refractivity contribution in [1.82, 2.24) is 0 Å². The van der Waals surface area contributed by atoms with E-state index in [0.717, 1.165) is 0 Å². The molecule has 0 fully saturated rings. The Morgan fingerprint density at radius 1 is 1.50 bits per heavy atom. The van der Waals surface area contributed by atoms with Crippen molar-refractivity contribution in [2.45, 2.75) is 13.0 Å². The highest BCUT2D eigenvalue weighted by atomic mass is 16.5. The van der Waals surface area contributed by atoms with E-state index in [1.807, 2.05) is 6.92 Å². The normalized spacial score (nSPS) is 12.5. The topological polar surface area (TPSA) is 81.5 Å². The van der Waals surface area contributed by atoms with Gasteiger partial charge in [-0.15, -0.1) is 0 Å². The van der Waals surface area contributed by atoms with Gasteiger partial charge in [-0.3, -0.25) is 0 Å². The highest BCUT2D eigenvalue weighted by Crippen LogP contribution is 2.26. The van der Waals surface area contributed by atoms with E-state index in [0.29, 0.717) is 24.5 Å². The fourth-order valence-corrected chi connectivity index (χ4v) is 1.22. The monoisotopic (exact) mass is 196 g/mol. The molecule has 1 atom stereocenters. The number of ether oxygens (including phenoxy) is 1. The van der Waals surface area contributed by atoms with Gasteiger partial charge in [-0.2, -0.15) is 0 Å². The molecule has 0 aliphatic carbocycles. The van der Waals surface area contributed by atoms with Gasteiger partial charge in [0, 0.05) is 24.2 Å². The standard InChI is InChI=1S/C10H16N2O2/c1-2-14-7-3-4-8(9(12)6-11)10(13)5-7/h3-5,9,13H,2,6,11-12H2,1H3/t9-/m0/s1. The second kappa shape index (κ2) is 4.83. The van der Waals surface area contributed by atoms with E-state index in [1.165, 1.54) is 0 Å². The van der Waals surface area contributed by atoms with Gasteiger partial charge >= 0.3 is 0 Å². The molecular formula is C10H16N2O2. The second-order valence-electron chi connectivity index (χ2n) is 3.00. The van der Waals surface area contributed by atoms with Gasteiger partial charge in [0.15, 0.2) is 0 Å². The minimum absolute atomic E-state index is 0.133. The van der Waals surface area contributed by atoms with E-state index in [1.54, 1.807) is 18.2 Å². The van der Waals surface area contributed by atoms with Crippen LogP contribution in [0.4, 0.5) is 0 Å². The van der Waals surface area contributed by atoms with Crippen molar-refractivity contribution in [2.75, 3.05) is 13.2 Å². The number of nitrogens with two attached hydrogens (primary N) is 2. The quantitative estimate of drug-likeness (QED) is 0.663. The molecule has 78 valence electrons. The molecule has 0 aliphatic rings. The molecule has 0 heterocycles. The van der Waals surface area contributed by atoms with Gasteiger partial charge in [0.2, 0.25) is 0 Å². The fourth-order valence-electron chi connectivity index (χ4n) is 1.22. The molecule has 1 aromatic rings. The molecule has 0 saturated heterocycles. The molecule has 0 bridgehead atoms. The fraction of sp³-hybridized carbons (Fsp3) is 0.400. The van der Waals surface area contributed by atoms with Crippen LogP contribution in [0.3, 0.4) is 0 Å². The molecule has 1 aromatic carbocycles. The van der Waals surface area contributed by atoms with Crippen LogP contribution in [-0.2, 0) is 0 Å². The van der Waals surface area contributed by atoms with Gasteiger partial charge in [-0.05, 0) is 13.0 Å². The molecule has 0 radical (unpaired) electrons. The zero-order chi connectivity index (χ0) is 10.6. The number of phenols is 1. The predicted molar refractivity (Wildman–Crippen MR) is 55.3 cm³/mol. The summed E-state index contributed by atoms with van der Waals surface area (Å²) in [5.74, 6) is 0.770. The predicted octanol–water partition coefficient (Wildman–Crippen LogP) is 0.749. The van der Waals surface area contributed by atoms with Crippen molar-refractivity contribution in [3.8, 4) is 11.5 Å². The minimum atomic E-state index is -0.328. The third kappa shape index (κ3) is 2.37. The molecule has 0 unspecified atom stereocenters. The average molecular weight is 196 g/mol. The summed E-state index contributed by atoms with van der Waals surface area (Å²) in [5, 5.41) is 9.60. The van der Waals surface area contributed by atoms with Crippen LogP contribution >= 0.6 is 0 Å². The van der Waals surface area contributed by atoms with Crippen molar-refractivity contribution < 1.29 is 9.84 Å². The summed E-state index contributed by atoms with van der Waals surface area (Å²) in [5.41, 5.74) is 11.7. The molecule has 0 spiro atoms. The van der Waals surface area contributed by atoms with E-state index in [2.05, 4.69) is 0 Å². The maximum absolute atomic E-state index is 9.60. The van der Waals surface area contributed by atoms with Gasteiger partial charge in [0.1, 0.15) is 11.5 Å². The number of benzene rings is 1. The van der Waals surface area contributed by atoms with Crippen LogP contribution in [0.25, 0.3) is 0 Å². The first-order chi connectivity index (χ1) is 6.69. The maximum atomic E-state index is 9.60. The average Bonchev–Trinajstić information content (AvgIpc) is 2.17. The van der Waals surface area contributed by atoms with E-state index >= 15 is 0 Å². The zero-order valence-electron chi connectivity index (χ0n) is 8.23. The number of phenolic OH excluding ortho intramolecular Hbond substituents is 1. The Balaban J connectivity index is 2.89. The van der Waals surface area contributed by atoms with Crippen LogP contribution in [0, 0.1) is 0 Å². The molecule has 0 aliphatic heterocycles. The molecule has 4 heteroatoms. The van der Waals surface area contributed by atoms with Crippen molar-refractivity contribution in [2.24, 2.45) is 11.5 Å². The maximum Gasteiger partial charge on any atom is 0.124 e. The summed E-state index contributed by atoms with van der Waals surface area (Å²) in [6.45, 7) is 2.76. The van der Waals surface area contributed by atoms with Crippen molar-refractivity contribution in [1.29, 1.82) is 0 Å². The highest BCUT2D eigenvalue weighted by molar-refractivity contribution is 5.41. The number of aromatic hydroxyl groups is 1. The minimum Gasteiger partial charge on any atom is -0.507 e. The third-order valence-electron chi connectivity index (χ3n) is 1.97. The van der Waals surface area contributed by atoms with Gasteiger partial charge in [0.05, 0.1) is 6.61 Å². The first-order valence-corrected chi connectivity index (χ1v) is 4.60. The van der Waals surface area contributed by atoms with Crippen LogP contribution in [0.1, 0.15) is 18.5 Å². The SMILES string of the molecule is CCOc1ccc([C@@H](N)CN)c(O)c1.